The molecular formula is C12H26N4O. The minimum Gasteiger partial charge on any atom is -0.368 e. The van der Waals surface area contributed by atoms with Crippen LogP contribution in [-0.2, 0) is 4.79 Å². The van der Waals surface area contributed by atoms with Crippen LogP contribution in [-0.4, -0.2) is 61.0 Å². The first-order chi connectivity index (χ1) is 8.04. The summed E-state index contributed by atoms with van der Waals surface area (Å²) in [7, 11) is 2.17. The van der Waals surface area contributed by atoms with Crippen molar-refractivity contribution in [3.8, 4) is 0 Å². The third kappa shape index (κ3) is 4.61. The predicted molar refractivity (Wildman–Crippen MR) is 69.6 cm³/mol. The highest BCUT2D eigenvalue weighted by atomic mass is 16.1. The Morgan fingerprint density at radius 1 is 1.47 bits per heavy atom. The number of amides is 1. The molecule has 0 aromatic heterocycles. The van der Waals surface area contributed by atoms with Crippen LogP contribution in [0.25, 0.3) is 0 Å². The molecule has 2 unspecified atom stereocenters. The van der Waals surface area contributed by atoms with E-state index < -0.39 is 11.9 Å². The minimum absolute atomic E-state index is 0.398. The molecule has 0 saturated carbocycles. The van der Waals surface area contributed by atoms with Gasteiger partial charge in [0.2, 0.25) is 5.91 Å². The molecule has 0 radical (unpaired) electrons. The van der Waals surface area contributed by atoms with Gasteiger partial charge in [0.05, 0.1) is 6.04 Å². The molecule has 1 aliphatic heterocycles. The van der Waals surface area contributed by atoms with Gasteiger partial charge in [-0.15, -0.1) is 0 Å². The van der Waals surface area contributed by atoms with Gasteiger partial charge in [0.1, 0.15) is 0 Å². The van der Waals surface area contributed by atoms with Crippen LogP contribution in [0.5, 0.6) is 0 Å². The lowest BCUT2D eigenvalue weighted by atomic mass is 10.1. The summed E-state index contributed by atoms with van der Waals surface area (Å²) in [4.78, 5) is 15.7. The lowest BCUT2D eigenvalue weighted by molar-refractivity contribution is -0.119. The van der Waals surface area contributed by atoms with Gasteiger partial charge < -0.3 is 16.4 Å². The zero-order chi connectivity index (χ0) is 12.8. The number of rotatable bonds is 5. The Morgan fingerprint density at radius 2 is 2.18 bits per heavy atom. The normalized spacial score (nSPS) is 25.5. The Kier molecular flexibility index (Phi) is 5.88. The van der Waals surface area contributed by atoms with Crippen molar-refractivity contribution in [2.24, 2.45) is 11.5 Å². The molecule has 0 aliphatic carbocycles. The number of carbonyl (C=O) groups excluding carboxylic acids is 1. The highest BCUT2D eigenvalue weighted by molar-refractivity contribution is 5.79. The molecule has 100 valence electrons. The van der Waals surface area contributed by atoms with Crippen molar-refractivity contribution >= 4 is 5.91 Å². The van der Waals surface area contributed by atoms with Crippen molar-refractivity contribution in [1.82, 2.24) is 9.80 Å². The second-order valence-electron chi connectivity index (χ2n) is 5.01. The molecule has 4 N–H and O–H groups in total. The van der Waals surface area contributed by atoms with E-state index in [4.69, 9.17) is 11.5 Å². The monoisotopic (exact) mass is 242 g/mol. The van der Waals surface area contributed by atoms with Gasteiger partial charge in [-0.25, -0.2) is 0 Å². The van der Waals surface area contributed by atoms with E-state index in [0.717, 1.165) is 32.6 Å². The van der Waals surface area contributed by atoms with E-state index in [-0.39, 0.29) is 0 Å². The molecular weight excluding hydrogens is 216 g/mol. The number of nitrogens with two attached hydrogens (primary N) is 2. The SMILES string of the molecule is CCC1CN(C)CCCN1CCC(N)C(N)=O. The van der Waals surface area contributed by atoms with E-state index in [2.05, 4.69) is 23.8 Å². The summed E-state index contributed by atoms with van der Waals surface area (Å²) in [6.07, 6.45) is 2.98. The van der Waals surface area contributed by atoms with Gasteiger partial charge in [-0.05, 0) is 39.4 Å². The van der Waals surface area contributed by atoms with Crippen LogP contribution in [0, 0.1) is 0 Å². The maximum atomic E-state index is 10.9. The molecule has 1 saturated heterocycles. The lowest BCUT2D eigenvalue weighted by Crippen LogP contribution is -2.44. The molecule has 1 heterocycles. The first kappa shape index (κ1) is 14.4. The standard InChI is InChI=1S/C12H26N4O/c1-3-10-9-15(2)6-4-7-16(10)8-5-11(13)12(14)17/h10-11H,3-9,13H2,1-2H3,(H2,14,17). The second-order valence-corrected chi connectivity index (χ2v) is 5.01. The number of hydrogen-bond acceptors (Lipinski definition) is 4. The predicted octanol–water partition coefficient (Wildman–Crippen LogP) is -0.395. The number of hydrogen-bond donors (Lipinski definition) is 2. The molecule has 5 heteroatoms. The number of nitrogens with zero attached hydrogens (tertiary/aromatic N) is 2. The molecule has 0 spiro atoms. The molecule has 1 rings (SSSR count). The van der Waals surface area contributed by atoms with E-state index in [1.54, 1.807) is 0 Å². The van der Waals surface area contributed by atoms with Crippen molar-refractivity contribution in [2.45, 2.75) is 38.3 Å². The van der Waals surface area contributed by atoms with Crippen LogP contribution >= 0.6 is 0 Å². The first-order valence-electron chi connectivity index (χ1n) is 6.52. The maximum Gasteiger partial charge on any atom is 0.234 e. The van der Waals surface area contributed by atoms with Gasteiger partial charge in [-0.3, -0.25) is 9.69 Å². The van der Waals surface area contributed by atoms with Crippen molar-refractivity contribution < 1.29 is 4.79 Å². The van der Waals surface area contributed by atoms with Crippen molar-refractivity contribution in [3.05, 3.63) is 0 Å². The summed E-state index contributed by atoms with van der Waals surface area (Å²) in [6, 6.07) is 0.0658. The highest BCUT2D eigenvalue weighted by Gasteiger charge is 2.22. The Hall–Kier alpha value is -0.650. The number of primary amides is 1. The summed E-state index contributed by atoms with van der Waals surface area (Å²) >= 11 is 0. The largest absolute Gasteiger partial charge is 0.368 e. The lowest BCUT2D eigenvalue weighted by Gasteiger charge is -2.30. The summed E-state index contributed by atoms with van der Waals surface area (Å²) in [5.41, 5.74) is 10.9. The highest BCUT2D eigenvalue weighted by Crippen LogP contribution is 2.12. The third-order valence-corrected chi connectivity index (χ3v) is 3.59. The number of likely N-dealkylation sites (N-methyl/N-ethyl adjacent to an activating group) is 1. The van der Waals surface area contributed by atoms with Gasteiger partial charge in [0.15, 0.2) is 0 Å². The van der Waals surface area contributed by atoms with Gasteiger partial charge in [0.25, 0.3) is 0 Å². The van der Waals surface area contributed by atoms with Crippen LogP contribution in [0.2, 0.25) is 0 Å². The van der Waals surface area contributed by atoms with Crippen LogP contribution in [0.3, 0.4) is 0 Å². The van der Waals surface area contributed by atoms with Crippen LogP contribution < -0.4 is 11.5 Å². The third-order valence-electron chi connectivity index (χ3n) is 3.59. The maximum absolute atomic E-state index is 10.9. The van der Waals surface area contributed by atoms with Gasteiger partial charge >= 0.3 is 0 Å². The van der Waals surface area contributed by atoms with Gasteiger partial charge in [0, 0.05) is 19.1 Å². The average Bonchev–Trinajstić information content (AvgIpc) is 2.47. The smallest absolute Gasteiger partial charge is 0.234 e. The molecule has 1 amide bonds. The van der Waals surface area contributed by atoms with E-state index in [9.17, 15) is 4.79 Å². The second kappa shape index (κ2) is 6.93. The average molecular weight is 242 g/mol. The fourth-order valence-electron chi connectivity index (χ4n) is 2.42. The topological polar surface area (TPSA) is 75.6 Å². The van der Waals surface area contributed by atoms with Gasteiger partial charge in [-0.1, -0.05) is 6.92 Å². The van der Waals surface area contributed by atoms with Crippen LogP contribution in [0.4, 0.5) is 0 Å². The molecule has 0 bridgehead atoms. The molecule has 0 aromatic carbocycles. The Labute approximate surface area is 104 Å². The molecule has 5 nitrogen and oxygen atoms in total. The molecule has 0 aromatic rings. The van der Waals surface area contributed by atoms with E-state index in [1.807, 2.05) is 0 Å². The summed E-state index contributed by atoms with van der Waals surface area (Å²) in [6.45, 7) is 6.42. The van der Waals surface area contributed by atoms with Gasteiger partial charge in [-0.2, -0.15) is 0 Å². The molecule has 2 atom stereocenters. The Morgan fingerprint density at radius 3 is 2.76 bits per heavy atom. The van der Waals surface area contributed by atoms with E-state index in [1.165, 1.54) is 6.42 Å². The Balaban J connectivity index is 2.46. The van der Waals surface area contributed by atoms with E-state index in [0.29, 0.717) is 12.5 Å². The molecule has 17 heavy (non-hydrogen) atoms. The van der Waals surface area contributed by atoms with Crippen LogP contribution in [0.1, 0.15) is 26.2 Å². The van der Waals surface area contributed by atoms with Crippen LogP contribution in [0.15, 0.2) is 0 Å². The van der Waals surface area contributed by atoms with Crippen molar-refractivity contribution in [2.75, 3.05) is 33.2 Å². The summed E-state index contributed by atoms with van der Waals surface area (Å²) in [5.74, 6) is -0.398. The van der Waals surface area contributed by atoms with E-state index >= 15 is 0 Å². The van der Waals surface area contributed by atoms with Crippen molar-refractivity contribution in [1.29, 1.82) is 0 Å². The number of carbonyl (C=O) groups is 1. The summed E-state index contributed by atoms with van der Waals surface area (Å²) < 4.78 is 0. The van der Waals surface area contributed by atoms with Crippen molar-refractivity contribution in [3.63, 3.8) is 0 Å². The summed E-state index contributed by atoms with van der Waals surface area (Å²) in [5, 5.41) is 0. The minimum atomic E-state index is -0.506. The fourth-order valence-corrected chi connectivity index (χ4v) is 2.42. The molecule has 1 aliphatic rings. The zero-order valence-corrected chi connectivity index (χ0v) is 11.1. The first-order valence-corrected chi connectivity index (χ1v) is 6.52. The molecule has 1 fully saturated rings. The Bertz CT molecular complexity index is 247. The fraction of sp³-hybridized carbons (Fsp3) is 0.917. The zero-order valence-electron chi connectivity index (χ0n) is 11.1. The quantitative estimate of drug-likeness (QED) is 0.688.